The first-order valence-corrected chi connectivity index (χ1v) is 7.20. The van der Waals surface area contributed by atoms with Crippen molar-refractivity contribution in [1.29, 1.82) is 0 Å². The maximum absolute atomic E-state index is 4.48. The fourth-order valence-corrected chi connectivity index (χ4v) is 0.867. The van der Waals surface area contributed by atoms with Crippen LogP contribution in [0.1, 0.15) is 61.8 Å². The van der Waals surface area contributed by atoms with Gasteiger partial charge in [-0.15, -0.1) is 0 Å². The Balaban J connectivity index is -0.000000389. The molecular formula is C16H36N2. The molecule has 0 saturated carbocycles. The van der Waals surface area contributed by atoms with E-state index in [0.717, 1.165) is 6.54 Å². The molecule has 0 aliphatic rings. The molecule has 0 saturated heterocycles. The lowest BCUT2D eigenvalue weighted by molar-refractivity contribution is 0.442. The van der Waals surface area contributed by atoms with E-state index in [2.05, 4.69) is 65.5 Å². The van der Waals surface area contributed by atoms with Crippen molar-refractivity contribution in [2.45, 2.75) is 61.8 Å². The van der Waals surface area contributed by atoms with Crippen LogP contribution in [-0.2, 0) is 0 Å². The maximum atomic E-state index is 4.48. The van der Waals surface area contributed by atoms with Crippen LogP contribution in [0.5, 0.6) is 0 Å². The zero-order valence-electron chi connectivity index (χ0n) is 14.5. The summed E-state index contributed by atoms with van der Waals surface area (Å²) in [6.07, 6.45) is 3.26. The molecule has 2 heteroatoms. The second-order valence-corrected chi connectivity index (χ2v) is 4.91. The summed E-state index contributed by atoms with van der Waals surface area (Å²) in [6.45, 7) is 17.7. The molecule has 0 aromatic carbocycles. The van der Waals surface area contributed by atoms with Gasteiger partial charge in [0.05, 0.1) is 5.70 Å². The van der Waals surface area contributed by atoms with Crippen LogP contribution in [-0.4, -0.2) is 31.8 Å². The van der Waals surface area contributed by atoms with Gasteiger partial charge in [0.2, 0.25) is 0 Å². The van der Waals surface area contributed by atoms with E-state index in [1.165, 1.54) is 17.7 Å². The molecule has 0 radical (unpaired) electrons. The van der Waals surface area contributed by atoms with E-state index in [4.69, 9.17) is 0 Å². The molecule has 0 aliphatic carbocycles. The highest BCUT2D eigenvalue weighted by Gasteiger charge is 1.98. The van der Waals surface area contributed by atoms with E-state index in [1.54, 1.807) is 0 Å². The molecule has 0 amide bonds. The predicted octanol–water partition coefficient (Wildman–Crippen LogP) is 5.01. The SMILES string of the molecule is CC.CC(C)=C(CN(C)C)N=CC(C)C.CCC. The first kappa shape index (κ1) is 22.5. The van der Waals surface area contributed by atoms with Crippen LogP contribution in [0, 0.1) is 5.92 Å². The van der Waals surface area contributed by atoms with Gasteiger partial charge in [-0.05, 0) is 33.9 Å². The fraction of sp³-hybridized carbons (Fsp3) is 0.812. The number of aliphatic imine (C=N–C) groups is 1. The monoisotopic (exact) mass is 256 g/mol. The number of hydrogen-bond donors (Lipinski definition) is 0. The van der Waals surface area contributed by atoms with Gasteiger partial charge < -0.3 is 4.90 Å². The van der Waals surface area contributed by atoms with Gasteiger partial charge in [0.25, 0.3) is 0 Å². The van der Waals surface area contributed by atoms with Crippen molar-refractivity contribution in [3.8, 4) is 0 Å². The first-order chi connectivity index (χ1) is 8.34. The van der Waals surface area contributed by atoms with Crippen molar-refractivity contribution in [2.24, 2.45) is 10.9 Å². The van der Waals surface area contributed by atoms with Crippen LogP contribution >= 0.6 is 0 Å². The van der Waals surface area contributed by atoms with Gasteiger partial charge in [-0.2, -0.15) is 0 Å². The minimum Gasteiger partial charge on any atom is -0.304 e. The standard InChI is InChI=1S/C11H22N2.C3H8.C2H6/c1-9(2)7-12-11(10(3)4)8-13(5)6;1-3-2;1-2/h7,9H,8H2,1-6H3;3H2,1-2H3;1-2H3. The summed E-state index contributed by atoms with van der Waals surface area (Å²) in [7, 11) is 4.13. The Kier molecular flexibility index (Phi) is 20.5. The molecule has 0 heterocycles. The lowest BCUT2D eigenvalue weighted by atomic mass is 10.2. The molecule has 0 N–H and O–H groups in total. The zero-order valence-corrected chi connectivity index (χ0v) is 14.5. The highest BCUT2D eigenvalue weighted by molar-refractivity contribution is 5.61. The average Bonchev–Trinajstić information content (AvgIpc) is 2.27. The Hall–Kier alpha value is -0.630. The van der Waals surface area contributed by atoms with Crippen LogP contribution in [0.4, 0.5) is 0 Å². The Labute approximate surface area is 116 Å². The van der Waals surface area contributed by atoms with Gasteiger partial charge in [0.1, 0.15) is 0 Å². The number of allylic oxidation sites excluding steroid dienone is 1. The molecule has 0 spiro atoms. The molecule has 2 nitrogen and oxygen atoms in total. The predicted molar refractivity (Wildman–Crippen MR) is 87.6 cm³/mol. The Morgan fingerprint density at radius 3 is 1.72 bits per heavy atom. The lowest BCUT2D eigenvalue weighted by Crippen LogP contribution is -2.15. The van der Waals surface area contributed by atoms with E-state index in [9.17, 15) is 0 Å². The molecule has 0 unspecified atom stereocenters. The van der Waals surface area contributed by atoms with Gasteiger partial charge in [0.15, 0.2) is 0 Å². The third-order valence-electron chi connectivity index (χ3n) is 1.57. The van der Waals surface area contributed by atoms with Crippen molar-refractivity contribution in [2.75, 3.05) is 20.6 Å². The van der Waals surface area contributed by atoms with E-state index in [-0.39, 0.29) is 0 Å². The van der Waals surface area contributed by atoms with Gasteiger partial charge in [-0.3, -0.25) is 4.99 Å². The molecule has 0 atom stereocenters. The van der Waals surface area contributed by atoms with Crippen LogP contribution in [0.3, 0.4) is 0 Å². The Bertz CT molecular complexity index is 209. The quantitative estimate of drug-likeness (QED) is 0.645. The normalized spacial score (nSPS) is 9.78. The second kappa shape index (κ2) is 16.4. The minimum atomic E-state index is 0.525. The number of rotatable bonds is 4. The van der Waals surface area contributed by atoms with Crippen LogP contribution < -0.4 is 0 Å². The number of nitrogens with zero attached hydrogens (tertiary/aromatic N) is 2. The van der Waals surface area contributed by atoms with Gasteiger partial charge in [-0.1, -0.05) is 53.5 Å². The summed E-state index contributed by atoms with van der Waals surface area (Å²) < 4.78 is 0. The molecule has 0 aromatic rings. The van der Waals surface area contributed by atoms with E-state index in [0.29, 0.717) is 5.92 Å². The molecule has 0 aromatic heterocycles. The summed E-state index contributed by atoms with van der Waals surface area (Å²) in [4.78, 5) is 6.61. The van der Waals surface area contributed by atoms with Gasteiger partial charge >= 0.3 is 0 Å². The van der Waals surface area contributed by atoms with Crippen molar-refractivity contribution in [3.63, 3.8) is 0 Å². The minimum absolute atomic E-state index is 0.525. The summed E-state index contributed by atoms with van der Waals surface area (Å²) in [5.74, 6) is 0.525. The van der Waals surface area contributed by atoms with E-state index >= 15 is 0 Å². The van der Waals surface area contributed by atoms with Crippen LogP contribution in [0.25, 0.3) is 0 Å². The first-order valence-electron chi connectivity index (χ1n) is 7.20. The smallest absolute Gasteiger partial charge is 0.0526 e. The van der Waals surface area contributed by atoms with E-state index < -0.39 is 0 Å². The van der Waals surface area contributed by atoms with Crippen molar-refractivity contribution >= 4 is 6.21 Å². The van der Waals surface area contributed by atoms with E-state index in [1.807, 2.05) is 20.1 Å². The summed E-state index contributed by atoms with van der Waals surface area (Å²) in [5, 5.41) is 0. The second-order valence-electron chi connectivity index (χ2n) is 4.91. The van der Waals surface area contributed by atoms with Crippen molar-refractivity contribution in [3.05, 3.63) is 11.3 Å². The number of likely N-dealkylation sites (N-methyl/N-ethyl adjacent to an activating group) is 1. The molecule has 18 heavy (non-hydrogen) atoms. The molecule has 0 aliphatic heterocycles. The largest absolute Gasteiger partial charge is 0.304 e. The molecule has 0 fully saturated rings. The summed E-state index contributed by atoms with van der Waals surface area (Å²) >= 11 is 0. The molecular weight excluding hydrogens is 220 g/mol. The van der Waals surface area contributed by atoms with Crippen LogP contribution in [0.2, 0.25) is 0 Å². The van der Waals surface area contributed by atoms with Gasteiger partial charge in [-0.25, -0.2) is 0 Å². The topological polar surface area (TPSA) is 15.6 Å². The van der Waals surface area contributed by atoms with Crippen LogP contribution in [0.15, 0.2) is 16.3 Å². The highest BCUT2D eigenvalue weighted by Crippen LogP contribution is 2.06. The van der Waals surface area contributed by atoms with Gasteiger partial charge in [0, 0.05) is 12.8 Å². The van der Waals surface area contributed by atoms with Crippen molar-refractivity contribution < 1.29 is 0 Å². The fourth-order valence-electron chi connectivity index (χ4n) is 0.867. The third kappa shape index (κ3) is 20.7. The Morgan fingerprint density at radius 1 is 1.11 bits per heavy atom. The molecule has 110 valence electrons. The summed E-state index contributed by atoms with van der Waals surface area (Å²) in [5.41, 5.74) is 2.48. The molecule has 0 rings (SSSR count). The Morgan fingerprint density at radius 2 is 1.50 bits per heavy atom. The highest BCUT2D eigenvalue weighted by atomic mass is 15.1. The zero-order chi connectivity index (χ0) is 15.1. The average molecular weight is 256 g/mol. The van der Waals surface area contributed by atoms with Crippen molar-refractivity contribution in [1.82, 2.24) is 4.90 Å². The third-order valence-corrected chi connectivity index (χ3v) is 1.57. The lowest BCUT2D eigenvalue weighted by Gasteiger charge is -2.11. The summed E-state index contributed by atoms with van der Waals surface area (Å²) in [6, 6.07) is 0. The number of hydrogen-bond acceptors (Lipinski definition) is 2. The maximum Gasteiger partial charge on any atom is 0.0526 e. The molecule has 0 bridgehead atoms.